The van der Waals surface area contributed by atoms with Crippen molar-refractivity contribution in [3.05, 3.63) is 72.6 Å². The maximum Gasteiger partial charge on any atom is 0.423 e. The lowest BCUT2D eigenvalue weighted by molar-refractivity contribution is 0.145. The number of carbonyl (C=O) groups is 2. The van der Waals surface area contributed by atoms with Gasteiger partial charge in [-0.05, 0) is 23.3 Å². The van der Waals surface area contributed by atoms with Gasteiger partial charge in [0.15, 0.2) is 0 Å². The molecule has 0 unspecified atom stereocenters. The highest BCUT2D eigenvalue weighted by Crippen LogP contribution is 2.23. The molecule has 0 fully saturated rings. The smallest absolute Gasteiger partial charge is 0.423 e. The highest BCUT2D eigenvalue weighted by Gasteiger charge is 2.26. The van der Waals surface area contributed by atoms with Gasteiger partial charge in [0.2, 0.25) is 0 Å². The van der Waals surface area contributed by atoms with E-state index in [0.717, 1.165) is 21.6 Å². The molecule has 2 aromatic carbocycles. The summed E-state index contributed by atoms with van der Waals surface area (Å²) >= 11 is 0. The molecule has 3 aromatic rings. The summed E-state index contributed by atoms with van der Waals surface area (Å²) < 4.78 is 5.34. The van der Waals surface area contributed by atoms with Gasteiger partial charge in [-0.1, -0.05) is 42.5 Å². The largest absolute Gasteiger partial charge is 0.444 e. The van der Waals surface area contributed by atoms with E-state index in [2.05, 4.69) is 10.2 Å². The summed E-state index contributed by atoms with van der Waals surface area (Å²) in [5.74, 6) is 0. The number of imide groups is 1. The predicted molar refractivity (Wildman–Crippen MR) is 102 cm³/mol. The second-order valence-electron chi connectivity index (χ2n) is 6.09. The molecule has 138 valence electrons. The number of nitrogens with one attached hydrogen (secondary N) is 1. The zero-order valence-corrected chi connectivity index (χ0v) is 15.1. The molecule has 0 radical (unpaired) electrons. The maximum absolute atomic E-state index is 12.6. The summed E-state index contributed by atoms with van der Waals surface area (Å²) in [6.07, 6.45) is 2.74. The molecular weight excluding hydrogens is 344 g/mol. The fourth-order valence-corrected chi connectivity index (χ4v) is 2.49. The highest BCUT2D eigenvalue weighted by atomic mass is 16.6. The molecule has 7 heteroatoms. The summed E-state index contributed by atoms with van der Waals surface area (Å²) in [6.45, 7) is 0.0873. The van der Waals surface area contributed by atoms with Crippen LogP contribution in [0.15, 0.2) is 67.0 Å². The second kappa shape index (κ2) is 8.18. The van der Waals surface area contributed by atoms with Gasteiger partial charge in [-0.3, -0.25) is 5.10 Å². The van der Waals surface area contributed by atoms with Crippen LogP contribution < -0.4 is 4.90 Å². The van der Waals surface area contributed by atoms with Crippen LogP contribution in [0.3, 0.4) is 0 Å². The third kappa shape index (κ3) is 4.33. The third-order valence-corrected chi connectivity index (χ3v) is 3.92. The number of rotatable bonds is 4. The van der Waals surface area contributed by atoms with Gasteiger partial charge in [-0.15, -0.1) is 0 Å². The standard InChI is InChI=1S/C20H20N4O3/c1-23(2)19(25)24(20(26)27-14-15-6-4-3-5-7-15)18-10-8-16(9-11-18)17-12-21-22-13-17/h3-13H,14H2,1-2H3,(H,21,22). The Labute approximate surface area is 157 Å². The Balaban J connectivity index is 1.80. The van der Waals surface area contributed by atoms with Crippen LogP contribution in [0.4, 0.5) is 15.3 Å². The van der Waals surface area contributed by atoms with Crippen molar-refractivity contribution in [3.8, 4) is 11.1 Å². The van der Waals surface area contributed by atoms with Crippen LogP contribution in [0.5, 0.6) is 0 Å². The lowest BCUT2D eigenvalue weighted by Crippen LogP contribution is -2.43. The Morgan fingerprint density at radius 3 is 2.30 bits per heavy atom. The number of anilines is 1. The molecule has 0 atom stereocenters. The van der Waals surface area contributed by atoms with Gasteiger partial charge in [-0.25, -0.2) is 9.59 Å². The first kappa shape index (κ1) is 18.2. The first-order valence-corrected chi connectivity index (χ1v) is 8.37. The van der Waals surface area contributed by atoms with Gasteiger partial charge in [0, 0.05) is 25.9 Å². The fourth-order valence-electron chi connectivity index (χ4n) is 2.49. The molecule has 0 spiro atoms. The highest BCUT2D eigenvalue weighted by molar-refractivity contribution is 6.11. The van der Waals surface area contributed by atoms with Crippen molar-refractivity contribution in [2.24, 2.45) is 0 Å². The molecule has 3 amide bonds. The van der Waals surface area contributed by atoms with Gasteiger partial charge in [0.05, 0.1) is 11.9 Å². The number of urea groups is 1. The second-order valence-corrected chi connectivity index (χ2v) is 6.09. The summed E-state index contributed by atoms with van der Waals surface area (Å²) in [5, 5.41) is 6.67. The van der Waals surface area contributed by atoms with E-state index in [4.69, 9.17) is 4.74 Å². The Bertz CT molecular complexity index is 891. The first-order valence-electron chi connectivity index (χ1n) is 8.37. The summed E-state index contributed by atoms with van der Waals surface area (Å²) in [4.78, 5) is 27.5. The zero-order valence-electron chi connectivity index (χ0n) is 15.1. The average Bonchev–Trinajstić information content (AvgIpc) is 3.22. The van der Waals surface area contributed by atoms with Crippen molar-refractivity contribution < 1.29 is 14.3 Å². The quantitative estimate of drug-likeness (QED) is 0.761. The van der Waals surface area contributed by atoms with Gasteiger partial charge >= 0.3 is 12.1 Å². The zero-order chi connectivity index (χ0) is 19.2. The summed E-state index contributed by atoms with van der Waals surface area (Å²) in [5.41, 5.74) is 3.11. The monoisotopic (exact) mass is 364 g/mol. The molecule has 27 heavy (non-hydrogen) atoms. The number of amides is 3. The van der Waals surface area contributed by atoms with E-state index in [1.165, 1.54) is 4.90 Å². The SMILES string of the molecule is CN(C)C(=O)N(C(=O)OCc1ccccc1)c1ccc(-c2cn[nH]c2)cc1. The lowest BCUT2D eigenvalue weighted by Gasteiger charge is -2.24. The molecule has 0 bridgehead atoms. The van der Waals surface area contributed by atoms with E-state index in [1.54, 1.807) is 38.6 Å². The number of aromatic nitrogens is 2. The first-order chi connectivity index (χ1) is 13.1. The van der Waals surface area contributed by atoms with Crippen molar-refractivity contribution >= 4 is 17.8 Å². The molecule has 0 aliphatic carbocycles. The number of ether oxygens (including phenoxy) is 1. The number of H-pyrrole nitrogens is 1. The number of hydrogen-bond acceptors (Lipinski definition) is 4. The lowest BCUT2D eigenvalue weighted by atomic mass is 10.1. The molecule has 3 rings (SSSR count). The molecule has 1 heterocycles. The van der Waals surface area contributed by atoms with E-state index < -0.39 is 12.1 Å². The topological polar surface area (TPSA) is 78.5 Å². The van der Waals surface area contributed by atoms with Crippen LogP contribution in [0.25, 0.3) is 11.1 Å². The number of benzene rings is 2. The number of aromatic amines is 1. The van der Waals surface area contributed by atoms with Crippen LogP contribution in [0.1, 0.15) is 5.56 Å². The predicted octanol–water partition coefficient (Wildman–Crippen LogP) is 3.90. The minimum Gasteiger partial charge on any atom is -0.444 e. The number of carbonyl (C=O) groups excluding carboxylic acids is 2. The summed E-state index contributed by atoms with van der Waals surface area (Å²) in [7, 11) is 3.17. The van der Waals surface area contributed by atoms with Crippen LogP contribution in [-0.4, -0.2) is 41.3 Å². The van der Waals surface area contributed by atoms with E-state index >= 15 is 0 Å². The molecule has 1 N–H and O–H groups in total. The molecule has 1 aromatic heterocycles. The van der Waals surface area contributed by atoms with Crippen molar-refractivity contribution in [2.45, 2.75) is 6.61 Å². The van der Waals surface area contributed by atoms with E-state index in [0.29, 0.717) is 5.69 Å². The molecule has 0 saturated heterocycles. The number of nitrogens with zero attached hydrogens (tertiary/aromatic N) is 3. The molecule has 0 aliphatic heterocycles. The van der Waals surface area contributed by atoms with Crippen LogP contribution in [0.2, 0.25) is 0 Å². The Hall–Kier alpha value is -3.61. The van der Waals surface area contributed by atoms with Crippen molar-refractivity contribution in [1.82, 2.24) is 15.1 Å². The van der Waals surface area contributed by atoms with Gasteiger partial charge in [-0.2, -0.15) is 10.00 Å². The van der Waals surface area contributed by atoms with E-state index in [9.17, 15) is 9.59 Å². The molecule has 0 saturated carbocycles. The number of hydrogen-bond donors (Lipinski definition) is 1. The Morgan fingerprint density at radius 2 is 1.70 bits per heavy atom. The van der Waals surface area contributed by atoms with E-state index in [-0.39, 0.29) is 6.61 Å². The van der Waals surface area contributed by atoms with Crippen molar-refractivity contribution in [1.29, 1.82) is 0 Å². The van der Waals surface area contributed by atoms with Gasteiger partial charge in [0.1, 0.15) is 6.61 Å². The Morgan fingerprint density at radius 1 is 1.00 bits per heavy atom. The maximum atomic E-state index is 12.6. The van der Waals surface area contributed by atoms with Crippen molar-refractivity contribution in [2.75, 3.05) is 19.0 Å². The van der Waals surface area contributed by atoms with Gasteiger partial charge < -0.3 is 9.64 Å². The summed E-state index contributed by atoms with van der Waals surface area (Å²) in [6, 6.07) is 15.9. The molecule has 7 nitrogen and oxygen atoms in total. The normalized spacial score (nSPS) is 10.3. The van der Waals surface area contributed by atoms with E-state index in [1.807, 2.05) is 42.5 Å². The average molecular weight is 364 g/mol. The van der Waals surface area contributed by atoms with Crippen LogP contribution in [0, 0.1) is 0 Å². The molecular formula is C20H20N4O3. The molecule has 0 aliphatic rings. The van der Waals surface area contributed by atoms with Crippen molar-refractivity contribution in [3.63, 3.8) is 0 Å². The fraction of sp³-hybridized carbons (Fsp3) is 0.150. The van der Waals surface area contributed by atoms with Gasteiger partial charge in [0.25, 0.3) is 0 Å². The third-order valence-electron chi connectivity index (χ3n) is 3.92. The Kier molecular flexibility index (Phi) is 5.51. The minimum atomic E-state index is -0.728. The van der Waals surface area contributed by atoms with Crippen LogP contribution in [-0.2, 0) is 11.3 Å². The minimum absolute atomic E-state index is 0.0873. The van der Waals surface area contributed by atoms with Crippen LogP contribution >= 0.6 is 0 Å².